The first-order chi connectivity index (χ1) is 13.0. The molecule has 3 aromatic rings. The highest BCUT2D eigenvalue weighted by atomic mass is 35.5. The topological polar surface area (TPSA) is 57.4 Å². The van der Waals surface area contributed by atoms with Crippen molar-refractivity contribution < 1.29 is 18.3 Å². The van der Waals surface area contributed by atoms with Crippen molar-refractivity contribution in [2.75, 3.05) is 12.4 Å². The van der Waals surface area contributed by atoms with E-state index in [1.807, 2.05) is 0 Å². The van der Waals surface area contributed by atoms with Crippen LogP contribution in [0, 0.1) is 5.82 Å². The van der Waals surface area contributed by atoms with Crippen LogP contribution in [0.3, 0.4) is 0 Å². The second-order valence-corrected chi connectivity index (χ2v) is 7.26. The highest BCUT2D eigenvalue weighted by Gasteiger charge is 2.17. The molecule has 0 saturated heterocycles. The zero-order valence-electron chi connectivity index (χ0n) is 14.2. The maximum Gasteiger partial charge on any atom is 0.276 e. The van der Waals surface area contributed by atoms with E-state index in [1.54, 1.807) is 37.3 Å². The maximum atomic E-state index is 13.6. The highest BCUT2D eigenvalue weighted by molar-refractivity contribution is 7.99. The number of hydrogen-bond donors (Lipinski definition) is 0. The molecule has 0 aliphatic heterocycles. The number of ether oxygens (including phenoxy) is 2. The Morgan fingerprint density at radius 2 is 1.96 bits per heavy atom. The molecule has 9 heteroatoms. The molecule has 1 unspecified atom stereocenters. The molecule has 1 atom stereocenters. The minimum Gasteiger partial charge on any atom is -0.491 e. The van der Waals surface area contributed by atoms with Gasteiger partial charge in [-0.1, -0.05) is 47.1 Å². The number of para-hydroxylation sites is 1. The van der Waals surface area contributed by atoms with E-state index in [0.717, 1.165) is 0 Å². The fraction of sp³-hybridized carbons (Fsp3) is 0.222. The van der Waals surface area contributed by atoms with Crippen molar-refractivity contribution in [1.82, 2.24) is 10.2 Å². The Bertz CT molecular complexity index is 910. The average molecular weight is 429 g/mol. The van der Waals surface area contributed by atoms with Gasteiger partial charge in [0.1, 0.15) is 5.75 Å². The van der Waals surface area contributed by atoms with Crippen LogP contribution in [-0.2, 0) is 0 Å². The van der Waals surface area contributed by atoms with E-state index in [9.17, 15) is 4.39 Å². The first kappa shape index (κ1) is 19.8. The van der Waals surface area contributed by atoms with Crippen LogP contribution in [0.1, 0.15) is 18.9 Å². The van der Waals surface area contributed by atoms with Gasteiger partial charge >= 0.3 is 0 Å². The van der Waals surface area contributed by atoms with Crippen LogP contribution >= 0.6 is 35.0 Å². The van der Waals surface area contributed by atoms with Gasteiger partial charge in [-0.3, -0.25) is 0 Å². The summed E-state index contributed by atoms with van der Waals surface area (Å²) in [4.78, 5) is 0. The molecule has 142 valence electrons. The summed E-state index contributed by atoms with van der Waals surface area (Å²) in [6.07, 6.45) is -0.576. The molecule has 0 bridgehead atoms. The summed E-state index contributed by atoms with van der Waals surface area (Å²) in [5, 5.41) is 9.26. The summed E-state index contributed by atoms with van der Waals surface area (Å²) in [5.74, 6) is 1.08. The van der Waals surface area contributed by atoms with Crippen molar-refractivity contribution in [3.05, 3.63) is 64.2 Å². The third-order valence-electron chi connectivity index (χ3n) is 3.37. The quantitative estimate of drug-likeness (QED) is 0.332. The smallest absolute Gasteiger partial charge is 0.276 e. The minimum absolute atomic E-state index is 0.130. The molecule has 2 aromatic carbocycles. The molecule has 0 spiro atoms. The van der Waals surface area contributed by atoms with Crippen molar-refractivity contribution in [3.8, 4) is 11.5 Å². The van der Waals surface area contributed by atoms with Crippen molar-refractivity contribution in [2.45, 2.75) is 18.3 Å². The zero-order valence-corrected chi connectivity index (χ0v) is 16.5. The number of halogens is 3. The summed E-state index contributed by atoms with van der Waals surface area (Å²) in [6, 6.07) is 11.2. The first-order valence-corrected chi connectivity index (χ1v) is 9.72. The normalized spacial score (nSPS) is 12.0. The Kier molecular flexibility index (Phi) is 6.82. The molecule has 0 amide bonds. The second-order valence-electron chi connectivity index (χ2n) is 5.37. The lowest BCUT2D eigenvalue weighted by molar-refractivity contribution is 0.174. The lowest BCUT2D eigenvalue weighted by Gasteiger charge is -2.11. The van der Waals surface area contributed by atoms with Crippen molar-refractivity contribution in [1.29, 1.82) is 0 Å². The van der Waals surface area contributed by atoms with Crippen LogP contribution in [0.4, 0.5) is 4.39 Å². The van der Waals surface area contributed by atoms with Gasteiger partial charge in [0, 0.05) is 10.8 Å². The standard InChI is InChI=1S/C18H15Cl2FN2O3S/c1-11(25-16-5-3-2-4-14(16)21)17-22-23-18(26-17)27-9-8-24-15-7-6-12(19)10-13(15)20/h2-7,10-11H,8-9H2,1H3. The fourth-order valence-corrected chi connectivity index (χ4v) is 3.14. The molecule has 3 rings (SSSR count). The zero-order chi connectivity index (χ0) is 19.2. The van der Waals surface area contributed by atoms with E-state index in [-0.39, 0.29) is 11.6 Å². The number of rotatable bonds is 8. The van der Waals surface area contributed by atoms with Crippen molar-refractivity contribution in [2.24, 2.45) is 0 Å². The lowest BCUT2D eigenvalue weighted by atomic mass is 10.3. The van der Waals surface area contributed by atoms with E-state index in [0.29, 0.717) is 33.4 Å². The van der Waals surface area contributed by atoms with Gasteiger partial charge in [-0.2, -0.15) is 0 Å². The monoisotopic (exact) mass is 428 g/mol. The predicted molar refractivity (Wildman–Crippen MR) is 102 cm³/mol. The Balaban J connectivity index is 1.48. The maximum absolute atomic E-state index is 13.6. The SMILES string of the molecule is CC(Oc1ccccc1F)c1nnc(SCCOc2ccc(Cl)cc2Cl)o1. The number of nitrogens with zero attached hydrogens (tertiary/aromatic N) is 2. The number of hydrogen-bond acceptors (Lipinski definition) is 6. The van der Waals surface area contributed by atoms with Crippen LogP contribution in [0.15, 0.2) is 52.1 Å². The van der Waals surface area contributed by atoms with E-state index in [4.69, 9.17) is 37.1 Å². The summed E-state index contributed by atoms with van der Waals surface area (Å²) >= 11 is 13.2. The van der Waals surface area contributed by atoms with Crippen LogP contribution in [0.2, 0.25) is 10.0 Å². The molecule has 27 heavy (non-hydrogen) atoms. The Hall–Kier alpha value is -1.96. The first-order valence-electron chi connectivity index (χ1n) is 7.98. The van der Waals surface area contributed by atoms with Gasteiger partial charge in [0.25, 0.3) is 11.1 Å². The number of thioether (sulfide) groups is 1. The van der Waals surface area contributed by atoms with Gasteiger partial charge < -0.3 is 13.9 Å². The predicted octanol–water partition coefficient (Wildman–Crippen LogP) is 5.83. The molecule has 1 aromatic heterocycles. The van der Waals surface area contributed by atoms with Gasteiger partial charge in [0.15, 0.2) is 17.7 Å². The van der Waals surface area contributed by atoms with Crippen LogP contribution < -0.4 is 9.47 Å². The Labute approximate surface area is 169 Å². The number of aromatic nitrogens is 2. The molecular formula is C18H15Cl2FN2O3S. The van der Waals surface area contributed by atoms with Crippen LogP contribution in [0.25, 0.3) is 0 Å². The molecule has 0 N–H and O–H groups in total. The molecule has 0 radical (unpaired) electrons. The fourth-order valence-electron chi connectivity index (χ4n) is 2.10. The third kappa shape index (κ3) is 5.51. The highest BCUT2D eigenvalue weighted by Crippen LogP contribution is 2.28. The summed E-state index contributed by atoms with van der Waals surface area (Å²) < 4.78 is 30.3. The largest absolute Gasteiger partial charge is 0.491 e. The minimum atomic E-state index is -0.576. The van der Waals surface area contributed by atoms with Gasteiger partial charge in [-0.25, -0.2) is 4.39 Å². The summed E-state index contributed by atoms with van der Waals surface area (Å²) in [5.41, 5.74) is 0. The molecule has 1 heterocycles. The molecule has 5 nitrogen and oxygen atoms in total. The number of benzene rings is 2. The molecule has 0 saturated carbocycles. The molecule has 0 fully saturated rings. The second kappa shape index (κ2) is 9.30. The molecule has 0 aliphatic carbocycles. The van der Waals surface area contributed by atoms with Crippen molar-refractivity contribution in [3.63, 3.8) is 0 Å². The van der Waals surface area contributed by atoms with E-state index in [2.05, 4.69) is 10.2 Å². The van der Waals surface area contributed by atoms with E-state index in [1.165, 1.54) is 23.9 Å². The average Bonchev–Trinajstić information content (AvgIpc) is 3.11. The van der Waals surface area contributed by atoms with Gasteiger partial charge in [0.2, 0.25) is 0 Å². The molecular weight excluding hydrogens is 414 g/mol. The van der Waals surface area contributed by atoms with Crippen LogP contribution in [0.5, 0.6) is 11.5 Å². The Morgan fingerprint density at radius 3 is 2.74 bits per heavy atom. The van der Waals surface area contributed by atoms with Crippen molar-refractivity contribution >= 4 is 35.0 Å². The van der Waals surface area contributed by atoms with Gasteiger partial charge in [0.05, 0.1) is 11.6 Å². The van der Waals surface area contributed by atoms with E-state index < -0.39 is 11.9 Å². The van der Waals surface area contributed by atoms with Gasteiger partial charge in [-0.15, -0.1) is 10.2 Å². The summed E-state index contributed by atoms with van der Waals surface area (Å²) in [6.45, 7) is 2.10. The third-order valence-corrected chi connectivity index (χ3v) is 4.68. The molecule has 0 aliphatic rings. The lowest BCUT2D eigenvalue weighted by Crippen LogP contribution is -2.04. The van der Waals surface area contributed by atoms with Gasteiger partial charge in [-0.05, 0) is 37.3 Å². The van der Waals surface area contributed by atoms with E-state index >= 15 is 0 Å². The summed E-state index contributed by atoms with van der Waals surface area (Å²) in [7, 11) is 0. The Morgan fingerprint density at radius 1 is 1.15 bits per heavy atom. The van der Waals surface area contributed by atoms with Crippen LogP contribution in [-0.4, -0.2) is 22.6 Å².